The smallest absolute Gasteiger partial charge is 0.208 e. The summed E-state index contributed by atoms with van der Waals surface area (Å²) in [5, 5.41) is 0. The number of nitrogens with one attached hydrogen (secondary N) is 2. The zero-order valence-corrected chi connectivity index (χ0v) is 11.3. The van der Waals surface area contributed by atoms with Gasteiger partial charge >= 0.3 is 0 Å². The van der Waals surface area contributed by atoms with Gasteiger partial charge in [-0.05, 0) is 41.9 Å². The van der Waals surface area contributed by atoms with Crippen LogP contribution in [0.2, 0.25) is 0 Å². The van der Waals surface area contributed by atoms with Crippen molar-refractivity contribution in [2.75, 3.05) is 19.1 Å². The van der Waals surface area contributed by atoms with E-state index in [4.69, 9.17) is 0 Å². The highest BCUT2D eigenvalue weighted by Crippen LogP contribution is 2.67. The van der Waals surface area contributed by atoms with Crippen molar-refractivity contribution in [3.63, 3.8) is 0 Å². The SMILES string of the molecule is CSSNC12CC(CNS(C)(=O)=O)(C1)C2. The molecule has 3 aliphatic carbocycles. The summed E-state index contributed by atoms with van der Waals surface area (Å²) in [5.41, 5.74) is 0.571. The van der Waals surface area contributed by atoms with E-state index in [1.807, 2.05) is 6.26 Å². The molecule has 0 unspecified atom stereocenters. The maximum absolute atomic E-state index is 11.0. The van der Waals surface area contributed by atoms with Crippen molar-refractivity contribution >= 4 is 31.8 Å². The molecule has 0 aliphatic heterocycles. The van der Waals surface area contributed by atoms with E-state index < -0.39 is 10.0 Å². The lowest BCUT2D eigenvalue weighted by molar-refractivity contribution is -0.133. The Hall–Kier alpha value is 0.570. The van der Waals surface area contributed by atoms with Gasteiger partial charge in [0.1, 0.15) is 0 Å². The van der Waals surface area contributed by atoms with Crippen molar-refractivity contribution in [2.45, 2.75) is 24.8 Å². The first kappa shape index (κ1) is 12.0. The summed E-state index contributed by atoms with van der Waals surface area (Å²) in [4.78, 5) is 0. The zero-order chi connectivity index (χ0) is 11.2. The van der Waals surface area contributed by atoms with E-state index in [1.54, 1.807) is 21.8 Å². The van der Waals surface area contributed by atoms with Crippen LogP contribution >= 0.6 is 21.8 Å². The van der Waals surface area contributed by atoms with Crippen LogP contribution in [0.1, 0.15) is 19.3 Å². The average Bonchev–Trinajstić information content (AvgIpc) is 1.97. The van der Waals surface area contributed by atoms with Crippen LogP contribution in [-0.2, 0) is 10.0 Å². The molecular weight excluding hydrogens is 252 g/mol. The molecule has 3 fully saturated rings. The Morgan fingerprint density at radius 1 is 1.33 bits per heavy atom. The number of sulfonamides is 1. The van der Waals surface area contributed by atoms with Crippen LogP contribution in [0.25, 0.3) is 0 Å². The van der Waals surface area contributed by atoms with Gasteiger partial charge in [-0.25, -0.2) is 17.9 Å². The van der Waals surface area contributed by atoms with Gasteiger partial charge in [0, 0.05) is 12.1 Å². The van der Waals surface area contributed by atoms with Crippen molar-refractivity contribution in [1.82, 2.24) is 9.44 Å². The lowest BCUT2D eigenvalue weighted by Crippen LogP contribution is -2.74. The maximum Gasteiger partial charge on any atom is 0.208 e. The minimum Gasteiger partial charge on any atom is -0.249 e. The van der Waals surface area contributed by atoms with Gasteiger partial charge in [0.2, 0.25) is 10.0 Å². The van der Waals surface area contributed by atoms with Crippen LogP contribution in [0.5, 0.6) is 0 Å². The van der Waals surface area contributed by atoms with Crippen LogP contribution < -0.4 is 9.44 Å². The third kappa shape index (κ3) is 2.46. The predicted molar refractivity (Wildman–Crippen MR) is 66.1 cm³/mol. The molecule has 0 heterocycles. The summed E-state index contributed by atoms with van der Waals surface area (Å²) in [6.45, 7) is 0.610. The van der Waals surface area contributed by atoms with E-state index in [0.717, 1.165) is 19.3 Å². The topological polar surface area (TPSA) is 58.2 Å². The summed E-state index contributed by atoms with van der Waals surface area (Å²) in [6, 6.07) is 0. The molecule has 0 aromatic rings. The molecule has 0 spiro atoms. The van der Waals surface area contributed by atoms with Crippen molar-refractivity contribution < 1.29 is 8.42 Å². The number of rotatable bonds is 6. The number of hydrogen-bond donors (Lipinski definition) is 2. The van der Waals surface area contributed by atoms with Gasteiger partial charge in [0.25, 0.3) is 0 Å². The van der Waals surface area contributed by atoms with E-state index in [2.05, 4.69) is 9.44 Å². The highest BCUT2D eigenvalue weighted by atomic mass is 33.1. The van der Waals surface area contributed by atoms with Crippen molar-refractivity contribution in [1.29, 1.82) is 0 Å². The van der Waals surface area contributed by atoms with E-state index >= 15 is 0 Å². The molecule has 3 saturated carbocycles. The largest absolute Gasteiger partial charge is 0.249 e. The van der Waals surface area contributed by atoms with Crippen molar-refractivity contribution in [2.24, 2.45) is 5.41 Å². The minimum atomic E-state index is -3.03. The third-order valence-corrected chi connectivity index (χ3v) is 5.29. The highest BCUT2D eigenvalue weighted by molar-refractivity contribution is 8.75. The van der Waals surface area contributed by atoms with Crippen LogP contribution in [0.4, 0.5) is 0 Å². The third-order valence-electron chi connectivity index (χ3n) is 3.19. The van der Waals surface area contributed by atoms with Crippen LogP contribution in [0.3, 0.4) is 0 Å². The minimum absolute atomic E-state index is 0.259. The molecule has 3 rings (SSSR count). The molecule has 88 valence electrons. The number of hydrogen-bond acceptors (Lipinski definition) is 5. The second-order valence-corrected chi connectivity index (χ2v) is 8.79. The summed E-state index contributed by atoms with van der Waals surface area (Å²) in [7, 11) is 0.367. The Morgan fingerprint density at radius 2 is 1.93 bits per heavy atom. The Morgan fingerprint density at radius 3 is 2.40 bits per heavy atom. The van der Waals surface area contributed by atoms with Gasteiger partial charge in [-0.2, -0.15) is 0 Å². The highest BCUT2D eigenvalue weighted by Gasteiger charge is 2.67. The molecule has 3 aliphatic rings. The first-order valence-electron chi connectivity index (χ1n) is 4.80. The van der Waals surface area contributed by atoms with E-state index in [9.17, 15) is 8.42 Å². The molecule has 2 N–H and O–H groups in total. The normalized spacial score (nSPS) is 38.3. The molecule has 4 nitrogen and oxygen atoms in total. The molecular formula is C8H16N2O2S3. The molecule has 0 atom stereocenters. The fraction of sp³-hybridized carbons (Fsp3) is 1.00. The Kier molecular flexibility index (Phi) is 3.05. The summed E-state index contributed by atoms with van der Waals surface area (Å²) >= 11 is 0. The lowest BCUT2D eigenvalue weighted by Gasteiger charge is -2.70. The molecule has 0 aromatic heterocycles. The van der Waals surface area contributed by atoms with E-state index in [1.165, 1.54) is 6.26 Å². The molecule has 0 aromatic carbocycles. The van der Waals surface area contributed by atoms with Crippen LogP contribution in [0.15, 0.2) is 0 Å². The lowest BCUT2D eigenvalue weighted by atomic mass is 9.40. The predicted octanol–water partition coefficient (Wildman–Crippen LogP) is 0.974. The molecule has 0 amide bonds. The summed E-state index contributed by atoms with van der Waals surface area (Å²) < 4.78 is 27.9. The Bertz CT molecular complexity index is 335. The summed E-state index contributed by atoms with van der Waals surface area (Å²) in [6.07, 6.45) is 6.59. The standard InChI is InChI=1S/C8H16N2O2S3/c1-13-14-10-8-3-7(4-8,5-8)6-9-15(2,11)12/h9-10H,3-6H2,1-2H3. The van der Waals surface area contributed by atoms with Crippen molar-refractivity contribution in [3.05, 3.63) is 0 Å². The van der Waals surface area contributed by atoms with Gasteiger partial charge in [0.15, 0.2) is 0 Å². The van der Waals surface area contributed by atoms with Crippen LogP contribution in [0, 0.1) is 5.41 Å². The molecule has 0 saturated heterocycles. The summed E-state index contributed by atoms with van der Waals surface area (Å²) in [5.74, 6) is 0. The average molecular weight is 268 g/mol. The molecule has 15 heavy (non-hydrogen) atoms. The van der Waals surface area contributed by atoms with Crippen molar-refractivity contribution in [3.8, 4) is 0 Å². The van der Waals surface area contributed by atoms with Gasteiger partial charge in [-0.3, -0.25) is 0 Å². The van der Waals surface area contributed by atoms with E-state index in [-0.39, 0.29) is 5.41 Å². The Balaban J connectivity index is 1.73. The van der Waals surface area contributed by atoms with Crippen LogP contribution in [-0.4, -0.2) is 33.0 Å². The first-order chi connectivity index (χ1) is 6.89. The zero-order valence-electron chi connectivity index (χ0n) is 8.87. The fourth-order valence-electron chi connectivity index (χ4n) is 2.71. The van der Waals surface area contributed by atoms with Gasteiger partial charge in [-0.15, -0.1) is 0 Å². The molecule has 2 bridgehead atoms. The van der Waals surface area contributed by atoms with Gasteiger partial charge in [-0.1, -0.05) is 10.8 Å². The molecule has 7 heteroatoms. The second kappa shape index (κ2) is 3.80. The monoisotopic (exact) mass is 268 g/mol. The second-order valence-electron chi connectivity index (χ2n) is 4.76. The van der Waals surface area contributed by atoms with Gasteiger partial charge < -0.3 is 0 Å². The quantitative estimate of drug-likeness (QED) is 0.555. The maximum atomic E-state index is 11.0. The van der Waals surface area contributed by atoms with Gasteiger partial charge in [0.05, 0.1) is 6.26 Å². The molecule has 0 radical (unpaired) electrons. The first-order valence-corrected chi connectivity index (χ1v) is 9.25. The fourth-order valence-corrected chi connectivity index (χ4v) is 4.53. The van der Waals surface area contributed by atoms with E-state index in [0.29, 0.717) is 12.1 Å². The Labute approximate surface area is 98.9 Å².